The highest BCUT2D eigenvalue weighted by molar-refractivity contribution is 7.15. The molecular weight excluding hydrogens is 278 g/mol. The topological polar surface area (TPSA) is 80.7 Å². The van der Waals surface area contributed by atoms with Gasteiger partial charge >= 0.3 is 5.97 Å². The lowest BCUT2D eigenvalue weighted by molar-refractivity contribution is -0.110. The van der Waals surface area contributed by atoms with Crippen LogP contribution in [0.1, 0.15) is 29.2 Å². The number of aryl methyl sites for hydroxylation is 1. The van der Waals surface area contributed by atoms with Gasteiger partial charge < -0.3 is 4.74 Å². The van der Waals surface area contributed by atoms with Crippen LogP contribution in [-0.2, 0) is 9.53 Å². The average molecular weight is 290 g/mol. The molecular formula is C10H12ClN3O3S. The summed E-state index contributed by atoms with van der Waals surface area (Å²) in [6.45, 7) is 5.04. The molecule has 98 valence electrons. The predicted octanol–water partition coefficient (Wildman–Crippen LogP) is 2.18. The first-order valence-electron chi connectivity index (χ1n) is 5.10. The lowest BCUT2D eigenvalue weighted by Gasteiger charge is -1.97. The highest BCUT2D eigenvalue weighted by atomic mass is 35.5. The van der Waals surface area contributed by atoms with Gasteiger partial charge in [-0.15, -0.1) is 0 Å². The molecule has 1 aromatic rings. The molecule has 0 radical (unpaired) electrons. The summed E-state index contributed by atoms with van der Waals surface area (Å²) in [6, 6.07) is 0. The zero-order valence-electron chi connectivity index (χ0n) is 10.1. The highest BCUT2D eigenvalue weighted by Crippen LogP contribution is 2.22. The number of rotatable bonds is 5. The molecule has 0 aliphatic rings. The molecule has 0 spiro atoms. The summed E-state index contributed by atoms with van der Waals surface area (Å²) in [5.41, 5.74) is 2.75. The monoisotopic (exact) mass is 289 g/mol. The Bertz CT molecular complexity index is 499. The first-order chi connectivity index (χ1) is 8.45. The second-order valence-corrected chi connectivity index (χ2v) is 4.78. The maximum Gasteiger partial charge on any atom is 0.358 e. The molecule has 1 heterocycles. The predicted molar refractivity (Wildman–Crippen MR) is 70.4 cm³/mol. The van der Waals surface area contributed by atoms with Crippen LogP contribution in [0.25, 0.3) is 0 Å². The number of aromatic nitrogens is 1. The minimum absolute atomic E-state index is 0.180. The molecule has 0 fully saturated rings. The van der Waals surface area contributed by atoms with Gasteiger partial charge in [0.2, 0.25) is 5.13 Å². The zero-order chi connectivity index (χ0) is 13.7. The maximum atomic E-state index is 11.5. The zero-order valence-corrected chi connectivity index (χ0v) is 11.7. The van der Waals surface area contributed by atoms with Gasteiger partial charge in [-0.2, -0.15) is 5.10 Å². The molecule has 0 aliphatic carbocycles. The largest absolute Gasteiger partial charge is 0.461 e. The lowest BCUT2D eigenvalue weighted by atomic mass is 10.4. The van der Waals surface area contributed by atoms with Crippen molar-refractivity contribution in [3.8, 4) is 0 Å². The number of nitrogens with one attached hydrogen (secondary N) is 1. The molecule has 18 heavy (non-hydrogen) atoms. The standard InChI is InChI=1S/C10H12ClN3O3S/c1-4-17-9(16)7-6(3)18-10(12-7)14-13-8(11)5(2)15/h4H2,1-3H3,(H,12,14)/b13-8-. The van der Waals surface area contributed by atoms with E-state index >= 15 is 0 Å². The third-order valence-electron chi connectivity index (χ3n) is 1.81. The Morgan fingerprint density at radius 1 is 1.56 bits per heavy atom. The summed E-state index contributed by atoms with van der Waals surface area (Å²) in [5, 5.41) is 3.82. The van der Waals surface area contributed by atoms with Crippen LogP contribution >= 0.6 is 22.9 Å². The highest BCUT2D eigenvalue weighted by Gasteiger charge is 2.16. The van der Waals surface area contributed by atoms with E-state index in [9.17, 15) is 9.59 Å². The molecule has 1 N–H and O–H groups in total. The fourth-order valence-electron chi connectivity index (χ4n) is 1.01. The van der Waals surface area contributed by atoms with E-state index < -0.39 is 5.97 Å². The fourth-order valence-corrected chi connectivity index (χ4v) is 1.79. The molecule has 0 atom stereocenters. The van der Waals surface area contributed by atoms with Gasteiger partial charge in [-0.05, 0) is 13.8 Å². The van der Waals surface area contributed by atoms with E-state index in [1.807, 2.05) is 0 Å². The second kappa shape index (κ2) is 6.46. The van der Waals surface area contributed by atoms with Crippen LogP contribution in [0, 0.1) is 6.92 Å². The molecule has 0 amide bonds. The lowest BCUT2D eigenvalue weighted by Crippen LogP contribution is -2.07. The Hall–Kier alpha value is -1.47. The molecule has 6 nitrogen and oxygen atoms in total. The summed E-state index contributed by atoms with van der Waals surface area (Å²) in [4.78, 5) is 27.1. The van der Waals surface area contributed by atoms with Gasteiger partial charge in [-0.3, -0.25) is 10.2 Å². The second-order valence-electron chi connectivity index (χ2n) is 3.21. The quantitative estimate of drug-likeness (QED) is 0.510. The molecule has 0 unspecified atom stereocenters. The smallest absolute Gasteiger partial charge is 0.358 e. The Morgan fingerprint density at radius 2 is 2.22 bits per heavy atom. The number of hydrogen-bond donors (Lipinski definition) is 1. The van der Waals surface area contributed by atoms with Crippen molar-refractivity contribution < 1.29 is 14.3 Å². The number of ketones is 1. The van der Waals surface area contributed by atoms with Gasteiger partial charge in [0.05, 0.1) is 6.61 Å². The van der Waals surface area contributed by atoms with Crippen LogP contribution in [0.3, 0.4) is 0 Å². The molecule has 1 aromatic heterocycles. The number of Topliss-reactive ketones (excluding diaryl/α,β-unsaturated/α-hetero) is 1. The minimum atomic E-state index is -0.485. The number of hydrogen-bond acceptors (Lipinski definition) is 7. The summed E-state index contributed by atoms with van der Waals surface area (Å²) in [5.74, 6) is -0.844. The van der Waals surface area contributed by atoms with Crippen molar-refractivity contribution in [1.29, 1.82) is 0 Å². The van der Waals surface area contributed by atoms with E-state index in [0.29, 0.717) is 10.0 Å². The number of anilines is 1. The van der Waals surface area contributed by atoms with E-state index in [-0.39, 0.29) is 23.3 Å². The Labute approximate surface area is 113 Å². The van der Waals surface area contributed by atoms with Gasteiger partial charge in [0, 0.05) is 11.8 Å². The number of hydrazone groups is 1. The van der Waals surface area contributed by atoms with Crippen molar-refractivity contribution in [2.75, 3.05) is 12.0 Å². The molecule has 0 saturated carbocycles. The average Bonchev–Trinajstić information content (AvgIpc) is 2.67. The van der Waals surface area contributed by atoms with E-state index in [1.165, 1.54) is 18.3 Å². The number of carbonyl (C=O) groups is 2. The summed E-state index contributed by atoms with van der Waals surface area (Å²) in [6.07, 6.45) is 0. The Morgan fingerprint density at radius 3 is 2.78 bits per heavy atom. The van der Waals surface area contributed by atoms with Crippen LogP contribution in [-0.4, -0.2) is 28.5 Å². The van der Waals surface area contributed by atoms with Crippen LogP contribution in [0.4, 0.5) is 5.13 Å². The van der Waals surface area contributed by atoms with Crippen LogP contribution < -0.4 is 5.43 Å². The Balaban J connectivity index is 2.82. The summed E-state index contributed by atoms with van der Waals surface area (Å²) < 4.78 is 4.85. The van der Waals surface area contributed by atoms with Gasteiger partial charge in [-0.25, -0.2) is 9.78 Å². The van der Waals surface area contributed by atoms with Gasteiger partial charge in [-0.1, -0.05) is 22.9 Å². The summed E-state index contributed by atoms with van der Waals surface area (Å²) >= 11 is 6.77. The van der Waals surface area contributed by atoms with Crippen molar-refractivity contribution in [2.24, 2.45) is 5.10 Å². The van der Waals surface area contributed by atoms with Crippen molar-refractivity contribution in [1.82, 2.24) is 4.98 Å². The third-order valence-corrected chi connectivity index (χ3v) is 3.03. The first kappa shape index (κ1) is 14.6. The van der Waals surface area contributed by atoms with Crippen molar-refractivity contribution in [2.45, 2.75) is 20.8 Å². The van der Waals surface area contributed by atoms with Gasteiger partial charge in [0.1, 0.15) is 0 Å². The first-order valence-corrected chi connectivity index (χ1v) is 6.29. The maximum absolute atomic E-state index is 11.5. The number of carbonyl (C=O) groups excluding carboxylic acids is 2. The van der Waals surface area contributed by atoms with Crippen molar-refractivity contribution in [3.63, 3.8) is 0 Å². The minimum Gasteiger partial charge on any atom is -0.461 e. The molecule has 0 aliphatic heterocycles. The number of thiazole rings is 1. The van der Waals surface area contributed by atoms with Gasteiger partial charge in [0.25, 0.3) is 0 Å². The van der Waals surface area contributed by atoms with E-state index in [4.69, 9.17) is 16.3 Å². The third kappa shape index (κ3) is 3.78. The van der Waals surface area contributed by atoms with Crippen LogP contribution in [0.5, 0.6) is 0 Å². The molecule has 1 rings (SSSR count). The van der Waals surface area contributed by atoms with Gasteiger partial charge in [0.15, 0.2) is 16.6 Å². The van der Waals surface area contributed by atoms with Crippen LogP contribution in [0.15, 0.2) is 5.10 Å². The Kier molecular flexibility index (Phi) is 5.24. The molecule has 0 aromatic carbocycles. The number of esters is 1. The number of halogens is 1. The van der Waals surface area contributed by atoms with Crippen LogP contribution in [0.2, 0.25) is 0 Å². The SMILES string of the molecule is CCOC(=O)c1nc(N/N=C(\Cl)C(C)=O)sc1C. The van der Waals surface area contributed by atoms with E-state index in [0.717, 1.165) is 0 Å². The van der Waals surface area contributed by atoms with Crippen molar-refractivity contribution >= 4 is 45.0 Å². The number of nitrogens with zero attached hydrogens (tertiary/aromatic N) is 2. The van der Waals surface area contributed by atoms with E-state index in [2.05, 4.69) is 15.5 Å². The molecule has 8 heteroatoms. The molecule has 0 saturated heterocycles. The van der Waals surface area contributed by atoms with Crippen molar-refractivity contribution in [3.05, 3.63) is 10.6 Å². The normalized spacial score (nSPS) is 11.2. The fraction of sp³-hybridized carbons (Fsp3) is 0.400. The summed E-state index contributed by atoms with van der Waals surface area (Å²) in [7, 11) is 0. The molecule has 0 bridgehead atoms. The number of ether oxygens (including phenoxy) is 1. The van der Waals surface area contributed by atoms with E-state index in [1.54, 1.807) is 13.8 Å².